The van der Waals surface area contributed by atoms with Gasteiger partial charge in [-0.3, -0.25) is 9.59 Å². The van der Waals surface area contributed by atoms with E-state index in [1.54, 1.807) is 24.3 Å². The van der Waals surface area contributed by atoms with Crippen LogP contribution in [0.3, 0.4) is 0 Å². The van der Waals surface area contributed by atoms with Crippen LogP contribution in [0.15, 0.2) is 60.7 Å². The number of aromatic hydroxyl groups is 6. The van der Waals surface area contributed by atoms with Crippen molar-refractivity contribution in [3.05, 3.63) is 82.9 Å². The monoisotopic (exact) mass is 542 g/mol. The summed E-state index contributed by atoms with van der Waals surface area (Å²) in [5.41, 5.74) is -0.235. The molecule has 0 spiro atoms. The molecule has 6 rings (SSSR count). The minimum atomic E-state index is -0.743. The average molecular weight is 542 g/mol. The van der Waals surface area contributed by atoms with Crippen LogP contribution in [0.25, 0.3) is 11.1 Å². The summed E-state index contributed by atoms with van der Waals surface area (Å²) in [6, 6.07) is 14.3. The quantitative estimate of drug-likeness (QED) is 0.207. The Morgan fingerprint density at radius 1 is 0.525 bits per heavy atom. The van der Waals surface area contributed by atoms with Gasteiger partial charge in [0.1, 0.15) is 69.3 Å². The van der Waals surface area contributed by atoms with Crippen molar-refractivity contribution >= 4 is 11.6 Å². The number of Topliss-reactive ketones (excluding diaryl/α,β-unsaturated/α-hetero) is 2. The van der Waals surface area contributed by atoms with Gasteiger partial charge in [0, 0.05) is 12.1 Å². The molecule has 0 aliphatic carbocycles. The van der Waals surface area contributed by atoms with Gasteiger partial charge < -0.3 is 40.1 Å². The van der Waals surface area contributed by atoms with Gasteiger partial charge in [0.2, 0.25) is 0 Å². The van der Waals surface area contributed by atoms with Gasteiger partial charge in [0.25, 0.3) is 0 Å². The Labute approximate surface area is 226 Å². The van der Waals surface area contributed by atoms with Gasteiger partial charge in [-0.1, -0.05) is 24.3 Å². The molecule has 202 valence electrons. The number of carbonyl (C=O) groups is 2. The molecule has 6 N–H and O–H groups in total. The summed E-state index contributed by atoms with van der Waals surface area (Å²) in [4.78, 5) is 26.2. The van der Waals surface area contributed by atoms with Gasteiger partial charge in [-0.15, -0.1) is 0 Å². The smallest absolute Gasteiger partial charge is 0.174 e. The maximum absolute atomic E-state index is 13.1. The van der Waals surface area contributed by atoms with Crippen LogP contribution < -0.4 is 9.47 Å². The molecular weight excluding hydrogens is 520 g/mol. The minimum absolute atomic E-state index is 0.0376. The summed E-state index contributed by atoms with van der Waals surface area (Å²) < 4.78 is 11.7. The average Bonchev–Trinajstić information content (AvgIpc) is 2.90. The van der Waals surface area contributed by atoms with Crippen molar-refractivity contribution < 1.29 is 49.7 Å². The van der Waals surface area contributed by atoms with E-state index in [2.05, 4.69) is 0 Å². The number of benzene rings is 4. The van der Waals surface area contributed by atoms with E-state index in [1.807, 2.05) is 0 Å². The number of ether oxygens (including phenoxy) is 2. The highest BCUT2D eigenvalue weighted by Crippen LogP contribution is 2.55. The van der Waals surface area contributed by atoms with Crippen LogP contribution >= 0.6 is 0 Å². The minimum Gasteiger partial charge on any atom is -0.508 e. The lowest BCUT2D eigenvalue weighted by atomic mass is 9.88. The zero-order valence-corrected chi connectivity index (χ0v) is 20.7. The fraction of sp³-hybridized carbons (Fsp3) is 0.133. The predicted octanol–water partition coefficient (Wildman–Crippen LogP) is 5.00. The third kappa shape index (κ3) is 3.97. The number of hydrogen-bond donors (Lipinski definition) is 6. The molecule has 2 aliphatic heterocycles. The lowest BCUT2D eigenvalue weighted by Gasteiger charge is -2.29. The van der Waals surface area contributed by atoms with E-state index in [1.165, 1.54) is 24.3 Å². The summed E-state index contributed by atoms with van der Waals surface area (Å²) in [6.45, 7) is 0. The molecule has 10 heteroatoms. The third-order valence-corrected chi connectivity index (χ3v) is 7.11. The molecule has 0 aromatic heterocycles. The Morgan fingerprint density at radius 3 is 1.23 bits per heavy atom. The molecule has 40 heavy (non-hydrogen) atoms. The Bertz CT molecular complexity index is 1560. The molecule has 0 saturated carbocycles. The maximum Gasteiger partial charge on any atom is 0.174 e. The molecule has 4 aromatic rings. The van der Waals surface area contributed by atoms with E-state index in [4.69, 9.17) is 9.47 Å². The van der Waals surface area contributed by atoms with Crippen LogP contribution in [0.4, 0.5) is 0 Å². The molecule has 0 bridgehead atoms. The predicted molar refractivity (Wildman–Crippen MR) is 139 cm³/mol. The largest absolute Gasteiger partial charge is 0.508 e. The van der Waals surface area contributed by atoms with Crippen molar-refractivity contribution in [2.75, 3.05) is 0 Å². The van der Waals surface area contributed by atoms with E-state index in [0.717, 1.165) is 12.1 Å². The molecule has 2 atom stereocenters. The van der Waals surface area contributed by atoms with E-state index < -0.39 is 57.9 Å². The summed E-state index contributed by atoms with van der Waals surface area (Å²) in [6.07, 6.45) is -1.81. The molecule has 0 amide bonds. The summed E-state index contributed by atoms with van der Waals surface area (Å²) in [5, 5.41) is 63.0. The van der Waals surface area contributed by atoms with E-state index >= 15 is 0 Å². The number of hydrogen-bond acceptors (Lipinski definition) is 10. The SMILES string of the molecule is O=C1C[C@@H](c2ccc(O)cc2)Oc2cc(O)c(-c3c(O)cc4c(c3O)C(=O)C[C@H](c3ccc(O)cc3)O4)c(O)c21. The second-order valence-electron chi connectivity index (χ2n) is 9.64. The highest BCUT2D eigenvalue weighted by Gasteiger charge is 2.37. The number of rotatable bonds is 3. The Morgan fingerprint density at radius 2 is 0.875 bits per heavy atom. The highest BCUT2D eigenvalue weighted by molar-refractivity contribution is 6.09. The lowest BCUT2D eigenvalue weighted by Crippen LogP contribution is -2.21. The first-order chi connectivity index (χ1) is 19.1. The number of carbonyl (C=O) groups excluding carboxylic acids is 2. The number of phenols is 6. The van der Waals surface area contributed by atoms with Crippen molar-refractivity contribution in [2.24, 2.45) is 0 Å². The van der Waals surface area contributed by atoms with Gasteiger partial charge >= 0.3 is 0 Å². The van der Waals surface area contributed by atoms with Crippen LogP contribution in [-0.4, -0.2) is 42.2 Å². The zero-order valence-electron chi connectivity index (χ0n) is 20.7. The van der Waals surface area contributed by atoms with Gasteiger partial charge in [-0.2, -0.15) is 0 Å². The normalized spacial score (nSPS) is 17.9. The van der Waals surface area contributed by atoms with Crippen molar-refractivity contribution in [3.63, 3.8) is 0 Å². The van der Waals surface area contributed by atoms with Gasteiger partial charge in [0.05, 0.1) is 24.0 Å². The summed E-state index contributed by atoms with van der Waals surface area (Å²) in [7, 11) is 0. The van der Waals surface area contributed by atoms with Gasteiger partial charge in [-0.25, -0.2) is 0 Å². The Hall–Kier alpha value is -5.38. The van der Waals surface area contributed by atoms with Gasteiger partial charge in [-0.05, 0) is 35.4 Å². The van der Waals surface area contributed by atoms with Crippen LogP contribution in [0.1, 0.15) is 56.9 Å². The summed E-state index contributed by atoms with van der Waals surface area (Å²) >= 11 is 0. The van der Waals surface area contributed by atoms with E-state index in [9.17, 15) is 40.2 Å². The molecule has 4 aromatic carbocycles. The van der Waals surface area contributed by atoms with Crippen LogP contribution in [-0.2, 0) is 0 Å². The second-order valence-corrected chi connectivity index (χ2v) is 9.64. The fourth-order valence-corrected chi connectivity index (χ4v) is 5.16. The van der Waals surface area contributed by atoms with Crippen LogP contribution in [0.2, 0.25) is 0 Å². The molecule has 0 unspecified atom stereocenters. The number of ketones is 2. The van der Waals surface area contributed by atoms with Crippen LogP contribution in [0.5, 0.6) is 46.0 Å². The molecular formula is C30H22O10. The topological polar surface area (TPSA) is 174 Å². The van der Waals surface area contributed by atoms with Crippen molar-refractivity contribution in [1.29, 1.82) is 0 Å². The van der Waals surface area contributed by atoms with Crippen molar-refractivity contribution in [3.8, 4) is 57.1 Å². The van der Waals surface area contributed by atoms with Crippen LogP contribution in [0, 0.1) is 0 Å². The Balaban J connectivity index is 1.41. The standard InChI is InChI=1S/C30H22O10/c31-15-5-1-13(2-6-15)21-9-17(33)25-23(39-21)11-19(35)27(29(25)37)28-20(36)12-24-26(30(28)38)18(34)10-22(40-24)14-3-7-16(32)8-4-14/h1-8,11-12,21-22,31-32,35-38H,9-10H2/t21-,22+. The first-order valence-corrected chi connectivity index (χ1v) is 12.3. The maximum atomic E-state index is 13.1. The third-order valence-electron chi connectivity index (χ3n) is 7.11. The van der Waals surface area contributed by atoms with Crippen molar-refractivity contribution in [2.45, 2.75) is 25.0 Å². The van der Waals surface area contributed by atoms with E-state index in [0.29, 0.717) is 11.1 Å². The molecule has 2 heterocycles. The molecule has 0 radical (unpaired) electrons. The first-order valence-electron chi connectivity index (χ1n) is 12.3. The molecule has 0 saturated heterocycles. The Kier molecular flexibility index (Phi) is 5.69. The number of fused-ring (bicyclic) bond motifs is 2. The lowest BCUT2D eigenvalue weighted by molar-refractivity contribution is 0.0834. The second kappa shape index (κ2) is 9.12. The van der Waals surface area contributed by atoms with Crippen molar-refractivity contribution in [1.82, 2.24) is 0 Å². The summed E-state index contributed by atoms with van der Waals surface area (Å²) in [5.74, 6) is -3.90. The number of phenolic OH excluding ortho intramolecular Hbond substituents is 6. The molecule has 10 nitrogen and oxygen atoms in total. The van der Waals surface area contributed by atoms with E-state index in [-0.39, 0.29) is 47.0 Å². The first kappa shape index (κ1) is 24.9. The zero-order chi connectivity index (χ0) is 28.3. The highest BCUT2D eigenvalue weighted by atomic mass is 16.5. The molecule has 2 aliphatic rings. The fourth-order valence-electron chi connectivity index (χ4n) is 5.16. The van der Waals surface area contributed by atoms with Gasteiger partial charge in [0.15, 0.2) is 11.6 Å². The molecule has 0 fully saturated rings.